The number of hydrogen-bond acceptors (Lipinski definition) is 7. The minimum absolute atomic E-state index is 0.101. The summed E-state index contributed by atoms with van der Waals surface area (Å²) in [6.45, 7) is 6.93. The third-order valence-corrected chi connectivity index (χ3v) is 8.89. The SMILES string of the molecule is CN1CCN(c2ccc(C(=O)Nc3[nH]nc4sc(C(=O)N[C@H](CN5CCCC5)c5ccccc5)cc34)cc2)CC1. The lowest BCUT2D eigenvalue weighted by Crippen LogP contribution is -2.44. The first-order valence-electron chi connectivity index (χ1n) is 13.9. The zero-order valence-corrected chi connectivity index (χ0v) is 23.5. The highest BCUT2D eigenvalue weighted by atomic mass is 32.1. The second-order valence-electron chi connectivity index (χ2n) is 10.7. The molecule has 0 aliphatic carbocycles. The van der Waals surface area contributed by atoms with E-state index in [2.05, 4.69) is 54.7 Å². The molecule has 2 aliphatic heterocycles. The number of aromatic amines is 1. The third kappa shape index (κ3) is 5.89. The van der Waals surface area contributed by atoms with Gasteiger partial charge in [0.2, 0.25) is 0 Å². The van der Waals surface area contributed by atoms with Gasteiger partial charge in [0, 0.05) is 44.0 Å². The highest BCUT2D eigenvalue weighted by Gasteiger charge is 2.23. The van der Waals surface area contributed by atoms with Crippen LogP contribution in [0.25, 0.3) is 10.2 Å². The van der Waals surface area contributed by atoms with E-state index >= 15 is 0 Å². The molecule has 2 amide bonds. The molecule has 0 unspecified atom stereocenters. The number of likely N-dealkylation sites (N-methyl/N-ethyl adjacent to an activating group) is 1. The average Bonchev–Trinajstić information content (AvgIpc) is 3.73. The molecule has 1 atom stereocenters. The first kappa shape index (κ1) is 26.5. The molecular weight excluding hydrogens is 522 g/mol. The number of likely N-dealkylation sites (tertiary alicyclic amines) is 1. The van der Waals surface area contributed by atoms with E-state index in [4.69, 9.17) is 0 Å². The molecule has 40 heavy (non-hydrogen) atoms. The molecule has 2 aromatic heterocycles. The molecule has 0 spiro atoms. The molecule has 2 saturated heterocycles. The fourth-order valence-electron chi connectivity index (χ4n) is 5.46. The lowest BCUT2D eigenvalue weighted by molar-refractivity contribution is 0.0930. The van der Waals surface area contributed by atoms with E-state index in [1.54, 1.807) is 0 Å². The summed E-state index contributed by atoms with van der Waals surface area (Å²) in [5.41, 5.74) is 2.79. The van der Waals surface area contributed by atoms with Crippen molar-refractivity contribution in [1.82, 2.24) is 25.3 Å². The first-order valence-corrected chi connectivity index (χ1v) is 14.8. The van der Waals surface area contributed by atoms with E-state index in [0.29, 0.717) is 21.1 Å². The van der Waals surface area contributed by atoms with Crippen LogP contribution in [0.15, 0.2) is 60.7 Å². The Balaban J connectivity index is 1.13. The Bertz CT molecular complexity index is 1450. The van der Waals surface area contributed by atoms with Gasteiger partial charge in [-0.3, -0.25) is 14.7 Å². The molecule has 208 valence electrons. The van der Waals surface area contributed by atoms with Gasteiger partial charge in [-0.05, 0) is 68.9 Å². The monoisotopic (exact) mass is 557 g/mol. The Kier molecular flexibility index (Phi) is 7.81. The Morgan fingerprint density at radius 1 is 0.950 bits per heavy atom. The molecule has 10 heteroatoms. The maximum Gasteiger partial charge on any atom is 0.261 e. The Hall–Kier alpha value is -3.73. The molecule has 2 fully saturated rings. The van der Waals surface area contributed by atoms with Crippen LogP contribution in [0.4, 0.5) is 11.5 Å². The Morgan fingerprint density at radius 3 is 2.40 bits per heavy atom. The average molecular weight is 558 g/mol. The first-order chi connectivity index (χ1) is 19.5. The van der Waals surface area contributed by atoms with E-state index in [9.17, 15) is 9.59 Å². The lowest BCUT2D eigenvalue weighted by atomic mass is 10.1. The Morgan fingerprint density at radius 2 is 1.68 bits per heavy atom. The highest BCUT2D eigenvalue weighted by Crippen LogP contribution is 2.30. The fourth-order valence-corrected chi connectivity index (χ4v) is 6.36. The number of carbonyl (C=O) groups is 2. The second kappa shape index (κ2) is 11.8. The number of hydrogen-bond donors (Lipinski definition) is 3. The summed E-state index contributed by atoms with van der Waals surface area (Å²) in [6.07, 6.45) is 2.40. The molecule has 0 bridgehead atoms. The molecule has 2 aromatic carbocycles. The summed E-state index contributed by atoms with van der Waals surface area (Å²) in [5.74, 6) is 0.144. The molecule has 4 aromatic rings. The van der Waals surface area contributed by atoms with Crippen LogP contribution in [-0.2, 0) is 0 Å². The van der Waals surface area contributed by atoms with E-state index < -0.39 is 0 Å². The number of amides is 2. The van der Waals surface area contributed by atoms with Gasteiger partial charge in [-0.1, -0.05) is 30.3 Å². The van der Waals surface area contributed by atoms with Crippen molar-refractivity contribution in [3.8, 4) is 0 Å². The van der Waals surface area contributed by atoms with Crippen LogP contribution in [0.5, 0.6) is 0 Å². The number of fused-ring (bicyclic) bond motifs is 1. The molecular formula is C30H35N7O2S. The highest BCUT2D eigenvalue weighted by molar-refractivity contribution is 7.20. The molecule has 3 N–H and O–H groups in total. The molecule has 6 rings (SSSR count). The molecule has 4 heterocycles. The smallest absolute Gasteiger partial charge is 0.261 e. The Labute approximate surface area is 238 Å². The third-order valence-electron chi connectivity index (χ3n) is 7.86. The van der Waals surface area contributed by atoms with Crippen molar-refractivity contribution < 1.29 is 9.59 Å². The molecule has 9 nitrogen and oxygen atoms in total. The van der Waals surface area contributed by atoms with E-state index in [-0.39, 0.29) is 17.9 Å². The number of rotatable bonds is 8. The quantitative estimate of drug-likeness (QED) is 0.301. The van der Waals surface area contributed by atoms with Crippen molar-refractivity contribution in [3.05, 3.63) is 76.7 Å². The van der Waals surface area contributed by atoms with Crippen molar-refractivity contribution in [2.75, 3.05) is 63.1 Å². The van der Waals surface area contributed by atoms with Gasteiger partial charge in [0.15, 0.2) is 0 Å². The predicted octanol–water partition coefficient (Wildman–Crippen LogP) is 4.20. The number of carbonyl (C=O) groups excluding carboxylic acids is 2. The lowest BCUT2D eigenvalue weighted by Gasteiger charge is -2.34. The maximum atomic E-state index is 13.4. The molecule has 0 radical (unpaired) electrons. The standard InChI is InChI=1S/C30H35N7O2S/c1-35-15-17-37(18-16-35)23-11-9-22(10-12-23)28(38)32-27-24-19-26(40-30(24)34-33-27)29(39)31-25(20-36-13-5-6-14-36)21-7-3-2-4-8-21/h2-4,7-12,19,25H,5-6,13-18,20H2,1H3,(H,31,39)(H2,32,33,34,38)/t25-/m1/s1. The number of piperazine rings is 1. The number of nitrogens with one attached hydrogen (secondary N) is 3. The van der Waals surface area contributed by atoms with Gasteiger partial charge in [-0.2, -0.15) is 5.10 Å². The number of H-pyrrole nitrogens is 1. The zero-order valence-electron chi connectivity index (χ0n) is 22.7. The van der Waals surface area contributed by atoms with Gasteiger partial charge in [0.25, 0.3) is 11.8 Å². The summed E-state index contributed by atoms with van der Waals surface area (Å²) in [4.78, 5) is 34.7. The van der Waals surface area contributed by atoms with Gasteiger partial charge in [0.05, 0.1) is 16.3 Å². The van der Waals surface area contributed by atoms with Crippen molar-refractivity contribution >= 4 is 44.9 Å². The van der Waals surface area contributed by atoms with Crippen LogP contribution >= 0.6 is 11.3 Å². The summed E-state index contributed by atoms with van der Waals surface area (Å²) in [5, 5.41) is 14.2. The number of aromatic nitrogens is 2. The largest absolute Gasteiger partial charge is 0.369 e. The summed E-state index contributed by atoms with van der Waals surface area (Å²) >= 11 is 1.32. The molecule has 0 saturated carbocycles. The zero-order chi connectivity index (χ0) is 27.5. The topological polar surface area (TPSA) is 96.6 Å². The van der Waals surface area contributed by atoms with Gasteiger partial charge >= 0.3 is 0 Å². The van der Waals surface area contributed by atoms with Gasteiger partial charge in [-0.25, -0.2) is 0 Å². The minimum Gasteiger partial charge on any atom is -0.369 e. The summed E-state index contributed by atoms with van der Waals surface area (Å²) < 4.78 is 0. The van der Waals surface area contributed by atoms with Crippen LogP contribution in [0.2, 0.25) is 0 Å². The van der Waals surface area contributed by atoms with E-state index in [1.807, 2.05) is 48.5 Å². The minimum atomic E-state index is -0.220. The van der Waals surface area contributed by atoms with Crippen LogP contribution in [0.3, 0.4) is 0 Å². The summed E-state index contributed by atoms with van der Waals surface area (Å²) in [7, 11) is 2.14. The van der Waals surface area contributed by atoms with E-state index in [0.717, 1.165) is 62.5 Å². The van der Waals surface area contributed by atoms with Gasteiger partial charge in [0.1, 0.15) is 10.6 Å². The predicted molar refractivity (Wildman–Crippen MR) is 160 cm³/mol. The van der Waals surface area contributed by atoms with Crippen molar-refractivity contribution in [2.45, 2.75) is 18.9 Å². The normalized spacial score (nSPS) is 17.3. The van der Waals surface area contributed by atoms with Crippen LogP contribution in [0, 0.1) is 0 Å². The number of anilines is 2. The van der Waals surface area contributed by atoms with Crippen molar-refractivity contribution in [2.24, 2.45) is 0 Å². The summed E-state index contributed by atoms with van der Waals surface area (Å²) in [6, 6.07) is 19.5. The number of benzene rings is 2. The van der Waals surface area contributed by atoms with Crippen LogP contribution < -0.4 is 15.5 Å². The van der Waals surface area contributed by atoms with Gasteiger partial charge < -0.3 is 25.3 Å². The van der Waals surface area contributed by atoms with E-state index in [1.165, 1.54) is 24.2 Å². The number of nitrogens with zero attached hydrogens (tertiary/aromatic N) is 4. The molecule has 2 aliphatic rings. The maximum absolute atomic E-state index is 13.4. The number of thiophene rings is 1. The van der Waals surface area contributed by atoms with Crippen molar-refractivity contribution in [3.63, 3.8) is 0 Å². The van der Waals surface area contributed by atoms with Crippen LogP contribution in [0.1, 0.15) is 44.5 Å². The van der Waals surface area contributed by atoms with Crippen molar-refractivity contribution in [1.29, 1.82) is 0 Å². The fraction of sp³-hybridized carbons (Fsp3) is 0.367. The second-order valence-corrected chi connectivity index (χ2v) is 11.7. The van der Waals surface area contributed by atoms with Gasteiger partial charge in [-0.15, -0.1) is 11.3 Å². The van der Waals surface area contributed by atoms with Crippen LogP contribution in [-0.4, -0.2) is 84.7 Å².